The van der Waals surface area contributed by atoms with Gasteiger partial charge >= 0.3 is 5.69 Å². The summed E-state index contributed by atoms with van der Waals surface area (Å²) in [5.41, 5.74) is -0.0718. The average molecular weight is 220 g/mol. The van der Waals surface area contributed by atoms with Crippen LogP contribution in [0.3, 0.4) is 0 Å². The minimum atomic E-state index is -2.57. The van der Waals surface area contributed by atoms with E-state index in [2.05, 4.69) is 10.4 Å². The van der Waals surface area contributed by atoms with E-state index < -0.39 is 17.9 Å². The van der Waals surface area contributed by atoms with Gasteiger partial charge in [0.15, 0.2) is 0 Å². The molecule has 0 amide bonds. The lowest BCUT2D eigenvalue weighted by Gasteiger charge is -2.04. The monoisotopic (exact) mass is 220 g/mol. The topological polar surface area (TPSA) is 73.0 Å². The van der Waals surface area contributed by atoms with Gasteiger partial charge in [0.1, 0.15) is 5.69 Å². The molecule has 15 heavy (non-hydrogen) atoms. The normalized spacial score (nSPS) is 10.7. The molecule has 0 radical (unpaired) electrons. The molecule has 0 unspecified atom stereocenters. The van der Waals surface area contributed by atoms with Crippen molar-refractivity contribution in [3.8, 4) is 0 Å². The van der Waals surface area contributed by atoms with Gasteiger partial charge < -0.3 is 5.32 Å². The van der Waals surface area contributed by atoms with Crippen LogP contribution >= 0.6 is 0 Å². The van der Waals surface area contributed by atoms with Crippen LogP contribution in [0.2, 0.25) is 0 Å². The number of nitrogens with zero attached hydrogens (tertiary/aromatic N) is 3. The number of hydrogen-bond donors (Lipinski definition) is 1. The van der Waals surface area contributed by atoms with Crippen molar-refractivity contribution in [1.29, 1.82) is 0 Å². The Morgan fingerprint density at radius 3 is 2.73 bits per heavy atom. The van der Waals surface area contributed by atoms with Gasteiger partial charge in [-0.05, 0) is 6.92 Å². The summed E-state index contributed by atoms with van der Waals surface area (Å²) in [7, 11) is 1.45. The molecule has 6 nitrogen and oxygen atoms in total. The van der Waals surface area contributed by atoms with Crippen molar-refractivity contribution in [3.63, 3.8) is 0 Å². The number of rotatable bonds is 4. The van der Waals surface area contributed by atoms with Gasteiger partial charge in [-0.1, -0.05) is 0 Å². The summed E-state index contributed by atoms with van der Waals surface area (Å²) in [4.78, 5) is 9.98. The van der Waals surface area contributed by atoms with E-state index in [1.54, 1.807) is 0 Å². The number of alkyl halides is 2. The summed E-state index contributed by atoms with van der Waals surface area (Å²) in [6.45, 7) is 0.811. The van der Waals surface area contributed by atoms with E-state index in [4.69, 9.17) is 0 Å². The second-order valence-corrected chi connectivity index (χ2v) is 2.94. The minimum Gasteiger partial charge on any atom is -0.359 e. The maximum absolute atomic E-state index is 11.9. The fraction of sp³-hybridized carbons (Fsp3) is 0.571. The third-order valence-electron chi connectivity index (χ3n) is 1.80. The van der Waals surface area contributed by atoms with Crippen LogP contribution in [0.5, 0.6) is 0 Å². The Labute approximate surface area is 84.0 Å². The molecule has 0 fully saturated rings. The SMILES string of the molecule is Cc1nn(C)c(NCC(F)F)c1[N+](=O)[O-]. The lowest BCUT2D eigenvalue weighted by molar-refractivity contribution is -0.384. The van der Waals surface area contributed by atoms with E-state index in [-0.39, 0.29) is 17.2 Å². The Hall–Kier alpha value is -1.73. The molecule has 1 aromatic heterocycles. The first-order valence-electron chi connectivity index (χ1n) is 4.13. The van der Waals surface area contributed by atoms with Gasteiger partial charge in [-0.25, -0.2) is 13.5 Å². The quantitative estimate of drug-likeness (QED) is 0.613. The summed E-state index contributed by atoms with van der Waals surface area (Å²) >= 11 is 0. The van der Waals surface area contributed by atoms with Crippen LogP contribution in [0.25, 0.3) is 0 Å². The molecule has 1 heterocycles. The third-order valence-corrected chi connectivity index (χ3v) is 1.80. The van der Waals surface area contributed by atoms with Crippen LogP contribution in [0.4, 0.5) is 20.3 Å². The minimum absolute atomic E-state index is 0.00204. The van der Waals surface area contributed by atoms with Crippen molar-refractivity contribution in [3.05, 3.63) is 15.8 Å². The Morgan fingerprint density at radius 2 is 2.27 bits per heavy atom. The van der Waals surface area contributed by atoms with E-state index in [9.17, 15) is 18.9 Å². The van der Waals surface area contributed by atoms with E-state index in [0.29, 0.717) is 0 Å². The highest BCUT2D eigenvalue weighted by molar-refractivity contribution is 5.59. The smallest absolute Gasteiger partial charge is 0.333 e. The van der Waals surface area contributed by atoms with Gasteiger partial charge in [0.05, 0.1) is 11.5 Å². The summed E-state index contributed by atoms with van der Waals surface area (Å²) in [6, 6.07) is 0. The average Bonchev–Trinajstić information content (AvgIpc) is 2.37. The van der Waals surface area contributed by atoms with Crippen LogP contribution in [0.1, 0.15) is 5.69 Å². The highest BCUT2D eigenvalue weighted by Gasteiger charge is 2.24. The van der Waals surface area contributed by atoms with Crippen molar-refractivity contribution in [2.75, 3.05) is 11.9 Å². The molecule has 0 aliphatic rings. The van der Waals surface area contributed by atoms with Crippen LogP contribution in [-0.2, 0) is 7.05 Å². The zero-order chi connectivity index (χ0) is 11.6. The summed E-state index contributed by atoms with van der Waals surface area (Å²) in [5.74, 6) is -0.00204. The number of halogens is 2. The zero-order valence-electron chi connectivity index (χ0n) is 8.20. The molecule has 0 aliphatic carbocycles. The summed E-state index contributed by atoms with van der Waals surface area (Å²) < 4.78 is 25.0. The van der Waals surface area contributed by atoms with Gasteiger partial charge in [-0.2, -0.15) is 5.10 Å². The summed E-state index contributed by atoms with van der Waals surface area (Å²) in [6.07, 6.45) is -2.57. The fourth-order valence-corrected chi connectivity index (χ4v) is 1.24. The Bertz CT molecular complexity index is 377. The zero-order valence-corrected chi connectivity index (χ0v) is 8.20. The molecule has 1 N–H and O–H groups in total. The Balaban J connectivity index is 2.99. The Morgan fingerprint density at radius 1 is 1.67 bits per heavy atom. The van der Waals surface area contributed by atoms with Gasteiger partial charge in [-0.3, -0.25) is 10.1 Å². The number of nitro groups is 1. The molecule has 0 bridgehead atoms. The highest BCUT2D eigenvalue weighted by atomic mass is 19.3. The van der Waals surface area contributed by atoms with Gasteiger partial charge in [-0.15, -0.1) is 0 Å². The van der Waals surface area contributed by atoms with Gasteiger partial charge in [0.2, 0.25) is 5.82 Å². The lowest BCUT2D eigenvalue weighted by Crippen LogP contribution is -2.13. The molecule has 1 rings (SSSR count). The number of aromatic nitrogens is 2. The first-order valence-corrected chi connectivity index (χ1v) is 4.13. The van der Waals surface area contributed by atoms with Crippen molar-refractivity contribution >= 4 is 11.5 Å². The molecule has 0 atom stereocenters. The van der Waals surface area contributed by atoms with Crippen LogP contribution in [0, 0.1) is 17.0 Å². The van der Waals surface area contributed by atoms with Crippen LogP contribution < -0.4 is 5.32 Å². The van der Waals surface area contributed by atoms with Crippen molar-refractivity contribution in [2.24, 2.45) is 7.05 Å². The molecular formula is C7H10F2N4O2. The van der Waals surface area contributed by atoms with Crippen LogP contribution in [-0.4, -0.2) is 27.7 Å². The highest BCUT2D eigenvalue weighted by Crippen LogP contribution is 2.27. The van der Waals surface area contributed by atoms with Crippen LogP contribution in [0.15, 0.2) is 0 Å². The van der Waals surface area contributed by atoms with E-state index >= 15 is 0 Å². The number of hydrogen-bond acceptors (Lipinski definition) is 4. The standard InChI is InChI=1S/C7H10F2N4O2/c1-4-6(13(14)15)7(12(2)11-4)10-3-5(8)9/h5,10H,3H2,1-2H3. The maximum Gasteiger partial charge on any atom is 0.333 e. The van der Waals surface area contributed by atoms with Gasteiger partial charge in [0.25, 0.3) is 6.43 Å². The molecule has 8 heteroatoms. The second kappa shape index (κ2) is 4.20. The predicted molar refractivity (Wildman–Crippen MR) is 49.1 cm³/mol. The first-order chi connectivity index (χ1) is 6.93. The van der Waals surface area contributed by atoms with Crippen molar-refractivity contribution in [1.82, 2.24) is 9.78 Å². The largest absolute Gasteiger partial charge is 0.359 e. The van der Waals surface area contributed by atoms with Crippen molar-refractivity contribution < 1.29 is 13.7 Å². The molecular weight excluding hydrogens is 210 g/mol. The molecule has 1 aromatic rings. The molecule has 0 aromatic carbocycles. The molecule has 0 spiro atoms. The first kappa shape index (κ1) is 11.3. The van der Waals surface area contributed by atoms with E-state index in [1.165, 1.54) is 18.7 Å². The number of nitrogens with one attached hydrogen (secondary N) is 1. The maximum atomic E-state index is 11.9. The van der Waals surface area contributed by atoms with E-state index in [0.717, 1.165) is 0 Å². The lowest BCUT2D eigenvalue weighted by atomic mass is 10.4. The molecule has 0 saturated carbocycles. The number of aryl methyl sites for hydroxylation is 2. The van der Waals surface area contributed by atoms with E-state index in [1.807, 2.05) is 0 Å². The number of anilines is 1. The summed E-state index contributed by atoms with van der Waals surface area (Å²) in [5, 5.41) is 16.7. The third kappa shape index (κ3) is 2.39. The molecule has 84 valence electrons. The second-order valence-electron chi connectivity index (χ2n) is 2.94. The fourth-order valence-electron chi connectivity index (χ4n) is 1.24. The van der Waals surface area contributed by atoms with Gasteiger partial charge in [0, 0.05) is 7.05 Å². The molecule has 0 saturated heterocycles. The van der Waals surface area contributed by atoms with Crippen molar-refractivity contribution in [2.45, 2.75) is 13.3 Å². The molecule has 0 aliphatic heterocycles. The predicted octanol–water partition coefficient (Wildman–Crippen LogP) is 1.31. The Kier molecular flexibility index (Phi) is 3.17.